The van der Waals surface area contributed by atoms with E-state index < -0.39 is 22.4 Å². The van der Waals surface area contributed by atoms with Crippen molar-refractivity contribution in [2.24, 2.45) is 5.92 Å². The number of thioether (sulfide) groups is 1. The van der Waals surface area contributed by atoms with Crippen molar-refractivity contribution < 1.29 is 18.1 Å². The number of alkyl halides is 4. The summed E-state index contributed by atoms with van der Waals surface area (Å²) < 4.78 is 38.5. The molecule has 1 unspecified atom stereocenters. The maximum atomic E-state index is 12.8. The Kier molecular flexibility index (Phi) is 5.49. The molecule has 1 rings (SSSR count). The third kappa shape index (κ3) is 4.58. The Morgan fingerprint density at radius 3 is 2.58 bits per heavy atom. The van der Waals surface area contributed by atoms with Gasteiger partial charge >= 0.3 is 6.18 Å². The lowest BCUT2D eigenvalue weighted by Crippen LogP contribution is -2.08. The van der Waals surface area contributed by atoms with Crippen LogP contribution in [0.2, 0.25) is 0 Å². The van der Waals surface area contributed by atoms with E-state index in [0.29, 0.717) is 17.7 Å². The normalized spacial score (nSPS) is 13.3. The van der Waals surface area contributed by atoms with Crippen molar-refractivity contribution in [3.8, 4) is 0 Å². The number of nitro groups is 1. The summed E-state index contributed by atoms with van der Waals surface area (Å²) in [6.07, 6.45) is -4.61. The second kappa shape index (κ2) is 6.47. The summed E-state index contributed by atoms with van der Waals surface area (Å²) in [5, 5.41) is 10.5. The summed E-state index contributed by atoms with van der Waals surface area (Å²) in [6, 6.07) is 2.77. The predicted octanol–water partition coefficient (Wildman–Crippen LogP) is 4.58. The Morgan fingerprint density at radius 1 is 1.47 bits per heavy atom. The summed E-state index contributed by atoms with van der Waals surface area (Å²) in [4.78, 5) is 9.66. The van der Waals surface area contributed by atoms with Crippen LogP contribution in [0.1, 0.15) is 12.5 Å². The van der Waals surface area contributed by atoms with Crippen LogP contribution in [0.3, 0.4) is 0 Å². The first-order valence-corrected chi connectivity index (χ1v) is 6.82. The molecule has 106 valence electrons. The number of hydrogen-bond donors (Lipinski definition) is 0. The van der Waals surface area contributed by atoms with Crippen LogP contribution in [-0.2, 0) is 6.18 Å². The van der Waals surface area contributed by atoms with Gasteiger partial charge in [0.05, 0.1) is 10.5 Å². The summed E-state index contributed by atoms with van der Waals surface area (Å²) in [6.45, 7) is 1.82. The molecule has 0 amide bonds. The molecular weight excluding hydrogens is 303 g/mol. The molecule has 0 N–H and O–H groups in total. The Balaban J connectivity index is 3.06. The van der Waals surface area contributed by atoms with E-state index in [4.69, 9.17) is 11.6 Å². The summed E-state index contributed by atoms with van der Waals surface area (Å²) >= 11 is 6.59. The highest BCUT2D eigenvalue weighted by Gasteiger charge is 2.35. The molecule has 0 saturated carbocycles. The number of benzene rings is 1. The number of nitro benzene ring substituents is 1. The van der Waals surface area contributed by atoms with Crippen LogP contribution in [0.4, 0.5) is 18.9 Å². The smallest absolute Gasteiger partial charge is 0.258 e. The van der Waals surface area contributed by atoms with Crippen molar-refractivity contribution in [1.29, 1.82) is 0 Å². The number of hydrogen-bond acceptors (Lipinski definition) is 3. The van der Waals surface area contributed by atoms with E-state index in [1.165, 1.54) is 0 Å². The first-order chi connectivity index (χ1) is 8.75. The lowest BCUT2D eigenvalue weighted by Gasteiger charge is -2.13. The highest BCUT2D eigenvalue weighted by molar-refractivity contribution is 7.99. The van der Waals surface area contributed by atoms with Crippen LogP contribution in [0.5, 0.6) is 0 Å². The first kappa shape index (κ1) is 16.1. The molecule has 19 heavy (non-hydrogen) atoms. The Bertz CT molecular complexity index is 468. The number of non-ortho nitro benzene ring substituents is 1. The van der Waals surface area contributed by atoms with E-state index in [0.717, 1.165) is 23.9 Å². The average molecular weight is 314 g/mol. The molecule has 0 spiro atoms. The molecular formula is C11H11ClF3NO2S. The van der Waals surface area contributed by atoms with Gasteiger partial charge in [0.2, 0.25) is 0 Å². The van der Waals surface area contributed by atoms with Gasteiger partial charge in [-0.15, -0.1) is 23.4 Å². The standard InChI is InChI=1S/C11H11ClF3NO2S/c1-7(5-12)6-19-10-3-2-8(16(17)18)4-9(10)11(13,14)15/h2-4,7H,5-6H2,1H3. The molecule has 1 aromatic rings. The molecule has 0 aliphatic heterocycles. The topological polar surface area (TPSA) is 43.1 Å². The third-order valence-electron chi connectivity index (χ3n) is 2.27. The van der Waals surface area contributed by atoms with Crippen molar-refractivity contribution in [3.63, 3.8) is 0 Å². The van der Waals surface area contributed by atoms with Gasteiger partial charge < -0.3 is 0 Å². The van der Waals surface area contributed by atoms with Crippen molar-refractivity contribution >= 4 is 29.1 Å². The van der Waals surface area contributed by atoms with Gasteiger partial charge in [-0.05, 0) is 12.0 Å². The third-order valence-corrected chi connectivity index (χ3v) is 4.20. The molecule has 3 nitrogen and oxygen atoms in total. The van der Waals surface area contributed by atoms with Gasteiger partial charge in [-0.25, -0.2) is 0 Å². The maximum Gasteiger partial charge on any atom is 0.417 e. The zero-order valence-corrected chi connectivity index (χ0v) is 11.5. The van der Waals surface area contributed by atoms with E-state index in [1.54, 1.807) is 0 Å². The quantitative estimate of drug-likeness (QED) is 0.346. The monoisotopic (exact) mass is 313 g/mol. The van der Waals surface area contributed by atoms with E-state index in [9.17, 15) is 23.3 Å². The minimum absolute atomic E-state index is 0.0185. The van der Waals surface area contributed by atoms with Crippen molar-refractivity contribution in [3.05, 3.63) is 33.9 Å². The van der Waals surface area contributed by atoms with Gasteiger partial charge in [0.1, 0.15) is 0 Å². The van der Waals surface area contributed by atoms with Crippen molar-refractivity contribution in [2.45, 2.75) is 18.0 Å². The van der Waals surface area contributed by atoms with Crippen LogP contribution in [-0.4, -0.2) is 16.6 Å². The summed E-state index contributed by atoms with van der Waals surface area (Å²) in [5.74, 6) is 0.828. The molecule has 1 aromatic carbocycles. The van der Waals surface area contributed by atoms with Crippen LogP contribution in [0, 0.1) is 16.0 Å². The molecule has 8 heteroatoms. The minimum atomic E-state index is -4.61. The first-order valence-electron chi connectivity index (χ1n) is 5.30. The van der Waals surface area contributed by atoms with E-state index >= 15 is 0 Å². The molecule has 1 atom stereocenters. The molecule has 0 heterocycles. The van der Waals surface area contributed by atoms with Gasteiger partial charge in [-0.3, -0.25) is 10.1 Å². The molecule has 0 aliphatic rings. The maximum absolute atomic E-state index is 12.8. The molecule has 0 aromatic heterocycles. The minimum Gasteiger partial charge on any atom is -0.258 e. The van der Waals surface area contributed by atoms with Crippen LogP contribution in [0.15, 0.2) is 23.1 Å². The van der Waals surface area contributed by atoms with Gasteiger partial charge in [0.15, 0.2) is 0 Å². The number of halogens is 4. The zero-order valence-electron chi connectivity index (χ0n) is 9.91. The SMILES string of the molecule is CC(CCl)CSc1ccc([N+](=O)[O-])cc1C(F)(F)F. The Morgan fingerprint density at radius 2 is 2.11 bits per heavy atom. The molecule has 0 radical (unpaired) electrons. The lowest BCUT2D eigenvalue weighted by atomic mass is 10.2. The summed E-state index contributed by atoms with van der Waals surface area (Å²) in [7, 11) is 0. The predicted molar refractivity (Wildman–Crippen MR) is 68.7 cm³/mol. The molecule has 0 fully saturated rings. The van der Waals surface area contributed by atoms with Crippen molar-refractivity contribution in [2.75, 3.05) is 11.6 Å². The Hall–Kier alpha value is -0.950. The fraction of sp³-hybridized carbons (Fsp3) is 0.455. The number of rotatable bonds is 5. The average Bonchev–Trinajstić information content (AvgIpc) is 2.34. The van der Waals surface area contributed by atoms with Gasteiger partial charge in [0, 0.05) is 28.7 Å². The van der Waals surface area contributed by atoms with Crippen LogP contribution >= 0.6 is 23.4 Å². The van der Waals surface area contributed by atoms with Gasteiger partial charge in [-0.2, -0.15) is 13.2 Å². The van der Waals surface area contributed by atoms with Crippen molar-refractivity contribution in [1.82, 2.24) is 0 Å². The molecule has 0 aliphatic carbocycles. The highest BCUT2D eigenvalue weighted by Crippen LogP contribution is 2.39. The zero-order chi connectivity index (χ0) is 14.6. The fourth-order valence-corrected chi connectivity index (χ4v) is 2.57. The molecule has 0 bridgehead atoms. The lowest BCUT2D eigenvalue weighted by molar-refractivity contribution is -0.385. The van der Waals surface area contributed by atoms with E-state index in [2.05, 4.69) is 0 Å². The Labute approximate surface area is 117 Å². The number of nitrogens with zero attached hydrogens (tertiary/aromatic N) is 1. The van der Waals surface area contributed by atoms with Gasteiger partial charge in [0.25, 0.3) is 5.69 Å². The fourth-order valence-electron chi connectivity index (χ4n) is 1.26. The second-order valence-corrected chi connectivity index (χ2v) is 5.38. The van der Waals surface area contributed by atoms with Crippen LogP contribution in [0.25, 0.3) is 0 Å². The highest BCUT2D eigenvalue weighted by atomic mass is 35.5. The van der Waals surface area contributed by atoms with Gasteiger partial charge in [-0.1, -0.05) is 6.92 Å². The largest absolute Gasteiger partial charge is 0.417 e. The van der Waals surface area contributed by atoms with E-state index in [-0.39, 0.29) is 10.8 Å². The van der Waals surface area contributed by atoms with E-state index in [1.807, 2.05) is 6.92 Å². The molecule has 0 saturated heterocycles. The van der Waals surface area contributed by atoms with Crippen LogP contribution < -0.4 is 0 Å². The second-order valence-electron chi connectivity index (χ2n) is 4.01. The summed E-state index contributed by atoms with van der Waals surface area (Å²) in [5.41, 5.74) is -1.55.